The number of anilines is 1. The van der Waals surface area contributed by atoms with Crippen molar-refractivity contribution < 1.29 is 0 Å². The van der Waals surface area contributed by atoms with Crippen LogP contribution in [0.2, 0.25) is 0 Å². The Hall–Kier alpha value is -1.06. The van der Waals surface area contributed by atoms with Crippen LogP contribution < -0.4 is 10.2 Å². The average Bonchev–Trinajstić information content (AvgIpc) is 2.77. The van der Waals surface area contributed by atoms with E-state index in [0.29, 0.717) is 6.04 Å². The number of rotatable bonds is 5. The van der Waals surface area contributed by atoms with Crippen molar-refractivity contribution in [1.82, 2.24) is 10.2 Å². The lowest BCUT2D eigenvalue weighted by Crippen LogP contribution is -2.38. The summed E-state index contributed by atoms with van der Waals surface area (Å²) in [4.78, 5) is 4.89. The highest BCUT2D eigenvalue weighted by molar-refractivity contribution is 5.55. The molecule has 1 aromatic carbocycles. The van der Waals surface area contributed by atoms with Gasteiger partial charge < -0.3 is 15.1 Å². The third kappa shape index (κ3) is 3.03. The van der Waals surface area contributed by atoms with Crippen molar-refractivity contribution in [3.63, 3.8) is 0 Å². The van der Waals surface area contributed by atoms with Crippen molar-refractivity contribution in [2.24, 2.45) is 0 Å². The first-order valence-corrected chi connectivity index (χ1v) is 6.86. The first kappa shape index (κ1) is 13.4. The van der Waals surface area contributed by atoms with Gasteiger partial charge in [0.15, 0.2) is 0 Å². The molecule has 1 heterocycles. The lowest BCUT2D eigenvalue weighted by atomic mass is 10.1. The van der Waals surface area contributed by atoms with E-state index in [1.54, 1.807) is 0 Å². The minimum Gasteiger partial charge on any atom is -0.367 e. The number of likely N-dealkylation sites (N-methyl/N-ethyl adjacent to an activating group) is 1. The Balaban J connectivity index is 2.18. The predicted molar refractivity (Wildman–Crippen MR) is 78.1 cm³/mol. The fourth-order valence-electron chi connectivity index (χ4n) is 2.90. The van der Waals surface area contributed by atoms with Crippen LogP contribution in [0.1, 0.15) is 18.4 Å². The van der Waals surface area contributed by atoms with Gasteiger partial charge in [-0.05, 0) is 45.6 Å². The van der Waals surface area contributed by atoms with E-state index < -0.39 is 0 Å². The highest BCUT2D eigenvalue weighted by Crippen LogP contribution is 2.28. The SMILES string of the molecule is CNCc1ccccc1N1CCCC1CN(C)C. The fraction of sp³-hybridized carbons (Fsp3) is 0.600. The summed E-state index contributed by atoms with van der Waals surface area (Å²) in [5.74, 6) is 0. The van der Waals surface area contributed by atoms with Crippen LogP contribution in [0.25, 0.3) is 0 Å². The topological polar surface area (TPSA) is 18.5 Å². The van der Waals surface area contributed by atoms with Crippen LogP contribution in [0, 0.1) is 0 Å². The molecule has 0 aliphatic carbocycles. The van der Waals surface area contributed by atoms with E-state index in [1.165, 1.54) is 30.6 Å². The number of hydrogen-bond acceptors (Lipinski definition) is 3. The highest BCUT2D eigenvalue weighted by atomic mass is 15.2. The zero-order chi connectivity index (χ0) is 13.0. The molecule has 1 N–H and O–H groups in total. The molecule has 1 aliphatic heterocycles. The van der Waals surface area contributed by atoms with E-state index in [9.17, 15) is 0 Å². The molecule has 3 heteroatoms. The Morgan fingerprint density at radius 2 is 2.11 bits per heavy atom. The highest BCUT2D eigenvalue weighted by Gasteiger charge is 2.26. The van der Waals surface area contributed by atoms with Crippen molar-refractivity contribution in [2.45, 2.75) is 25.4 Å². The Morgan fingerprint density at radius 3 is 2.83 bits per heavy atom. The molecular weight excluding hydrogens is 222 g/mol. The zero-order valence-electron chi connectivity index (χ0n) is 11.8. The monoisotopic (exact) mass is 247 g/mol. The van der Waals surface area contributed by atoms with Gasteiger partial charge in [-0.2, -0.15) is 0 Å². The van der Waals surface area contributed by atoms with Crippen molar-refractivity contribution in [3.05, 3.63) is 29.8 Å². The largest absolute Gasteiger partial charge is 0.367 e. The molecular formula is C15H25N3. The van der Waals surface area contributed by atoms with Crippen LogP contribution >= 0.6 is 0 Å². The quantitative estimate of drug-likeness (QED) is 0.858. The molecule has 0 spiro atoms. The third-order valence-corrected chi connectivity index (χ3v) is 3.62. The summed E-state index contributed by atoms with van der Waals surface area (Å²) in [5, 5.41) is 3.27. The van der Waals surface area contributed by atoms with Crippen molar-refractivity contribution in [2.75, 3.05) is 39.1 Å². The first-order valence-electron chi connectivity index (χ1n) is 6.86. The molecule has 2 rings (SSSR count). The minimum atomic E-state index is 0.665. The normalized spacial score (nSPS) is 19.8. The summed E-state index contributed by atoms with van der Waals surface area (Å²) in [6, 6.07) is 9.45. The van der Waals surface area contributed by atoms with E-state index in [-0.39, 0.29) is 0 Å². The van der Waals surface area contributed by atoms with Crippen molar-refractivity contribution in [3.8, 4) is 0 Å². The van der Waals surface area contributed by atoms with Crippen LogP contribution in [-0.2, 0) is 6.54 Å². The van der Waals surface area contributed by atoms with E-state index in [1.807, 2.05) is 7.05 Å². The summed E-state index contributed by atoms with van der Waals surface area (Å²) in [7, 11) is 6.34. The number of para-hydroxylation sites is 1. The van der Waals surface area contributed by atoms with E-state index in [2.05, 4.69) is 53.5 Å². The molecule has 0 amide bonds. The van der Waals surface area contributed by atoms with Crippen molar-refractivity contribution in [1.29, 1.82) is 0 Å². The second-order valence-corrected chi connectivity index (χ2v) is 5.41. The third-order valence-electron chi connectivity index (χ3n) is 3.62. The molecule has 1 unspecified atom stereocenters. The Labute approximate surface area is 111 Å². The van der Waals surface area contributed by atoms with Gasteiger partial charge in [-0.1, -0.05) is 18.2 Å². The molecule has 18 heavy (non-hydrogen) atoms. The van der Waals surface area contributed by atoms with Gasteiger partial charge in [-0.15, -0.1) is 0 Å². The second-order valence-electron chi connectivity index (χ2n) is 5.41. The lowest BCUT2D eigenvalue weighted by molar-refractivity contribution is 0.372. The average molecular weight is 247 g/mol. The standard InChI is InChI=1S/C15H25N3/c1-16-11-13-7-4-5-9-15(13)18-10-6-8-14(18)12-17(2)3/h4-5,7,9,14,16H,6,8,10-12H2,1-3H3. The summed E-state index contributed by atoms with van der Waals surface area (Å²) in [6.07, 6.45) is 2.62. The Bertz CT molecular complexity index is 376. The Kier molecular flexibility index (Phi) is 4.61. The van der Waals surface area contributed by atoms with Crippen LogP contribution in [0.15, 0.2) is 24.3 Å². The van der Waals surface area contributed by atoms with Crippen LogP contribution in [0.4, 0.5) is 5.69 Å². The predicted octanol–water partition coefficient (Wildman–Crippen LogP) is 1.94. The molecule has 0 aromatic heterocycles. The van der Waals surface area contributed by atoms with Gasteiger partial charge in [-0.25, -0.2) is 0 Å². The minimum absolute atomic E-state index is 0.665. The zero-order valence-corrected chi connectivity index (χ0v) is 11.8. The summed E-state index contributed by atoms with van der Waals surface area (Å²) in [6.45, 7) is 3.29. The molecule has 1 fully saturated rings. The number of benzene rings is 1. The van der Waals surface area contributed by atoms with Gasteiger partial charge >= 0.3 is 0 Å². The van der Waals surface area contributed by atoms with Crippen LogP contribution in [0.3, 0.4) is 0 Å². The van der Waals surface area contributed by atoms with Gasteiger partial charge in [0, 0.05) is 31.4 Å². The molecule has 1 atom stereocenters. The fourth-order valence-corrected chi connectivity index (χ4v) is 2.90. The maximum Gasteiger partial charge on any atom is 0.0417 e. The van der Waals surface area contributed by atoms with Gasteiger partial charge in [0.05, 0.1) is 0 Å². The summed E-state index contributed by atoms with van der Waals surface area (Å²) >= 11 is 0. The maximum atomic E-state index is 3.27. The molecule has 100 valence electrons. The number of nitrogens with one attached hydrogen (secondary N) is 1. The van der Waals surface area contributed by atoms with Crippen LogP contribution in [-0.4, -0.2) is 45.2 Å². The molecule has 3 nitrogen and oxygen atoms in total. The summed E-state index contributed by atoms with van der Waals surface area (Å²) < 4.78 is 0. The Morgan fingerprint density at radius 1 is 1.33 bits per heavy atom. The first-order chi connectivity index (χ1) is 8.72. The number of nitrogens with zero attached hydrogens (tertiary/aromatic N) is 2. The van der Waals surface area contributed by atoms with Gasteiger partial charge in [0.25, 0.3) is 0 Å². The van der Waals surface area contributed by atoms with E-state index >= 15 is 0 Å². The smallest absolute Gasteiger partial charge is 0.0417 e. The second kappa shape index (κ2) is 6.21. The van der Waals surface area contributed by atoms with Gasteiger partial charge in [-0.3, -0.25) is 0 Å². The molecule has 0 saturated carbocycles. The van der Waals surface area contributed by atoms with Crippen LogP contribution in [0.5, 0.6) is 0 Å². The van der Waals surface area contributed by atoms with E-state index in [4.69, 9.17) is 0 Å². The van der Waals surface area contributed by atoms with Crippen molar-refractivity contribution >= 4 is 5.69 Å². The maximum absolute atomic E-state index is 3.27. The van der Waals surface area contributed by atoms with E-state index in [0.717, 1.165) is 13.1 Å². The van der Waals surface area contributed by atoms with Gasteiger partial charge in [0.1, 0.15) is 0 Å². The molecule has 0 radical (unpaired) electrons. The molecule has 1 aliphatic rings. The van der Waals surface area contributed by atoms with Gasteiger partial charge in [0.2, 0.25) is 0 Å². The summed E-state index contributed by atoms with van der Waals surface area (Å²) in [5.41, 5.74) is 2.82. The molecule has 1 saturated heterocycles. The molecule has 1 aromatic rings. The number of hydrogen-bond donors (Lipinski definition) is 1. The lowest BCUT2D eigenvalue weighted by Gasteiger charge is -2.30. The molecule has 0 bridgehead atoms.